The molecule has 2 aromatic rings. The van der Waals surface area contributed by atoms with Gasteiger partial charge >= 0.3 is 0 Å². The summed E-state index contributed by atoms with van der Waals surface area (Å²) in [5.74, 6) is 0. The smallest absolute Gasteiger partial charge is 0.272 e. The molecule has 0 bridgehead atoms. The Morgan fingerprint density at radius 2 is 2.05 bits per heavy atom. The van der Waals surface area contributed by atoms with E-state index < -0.39 is 0 Å². The first-order valence-corrected chi connectivity index (χ1v) is 6.86. The van der Waals surface area contributed by atoms with Crippen molar-refractivity contribution >= 4 is 16.5 Å². The Morgan fingerprint density at radius 1 is 1.29 bits per heavy atom. The Bertz CT molecular complexity index is 707. The molecule has 2 rings (SSSR count). The molecular formula is C14H20N4O3. The van der Waals surface area contributed by atoms with E-state index in [9.17, 15) is 9.59 Å². The molecule has 21 heavy (non-hydrogen) atoms. The summed E-state index contributed by atoms with van der Waals surface area (Å²) < 4.78 is 5.18. The number of hydrogen-bond acceptors (Lipinski definition) is 5. The maximum Gasteiger partial charge on any atom is 0.272 e. The van der Waals surface area contributed by atoms with Crippen LogP contribution in [0.4, 0.5) is 5.69 Å². The topological polar surface area (TPSA) is 113 Å². The van der Waals surface area contributed by atoms with Crippen LogP contribution < -0.4 is 22.2 Å². The van der Waals surface area contributed by atoms with Crippen molar-refractivity contribution in [3.63, 3.8) is 0 Å². The number of ether oxygens (including phenoxy) is 1. The summed E-state index contributed by atoms with van der Waals surface area (Å²) in [6.07, 6.45) is 1.67. The van der Waals surface area contributed by atoms with Crippen molar-refractivity contribution in [2.75, 3.05) is 25.6 Å². The number of hydrogen-bond donors (Lipinski definition) is 4. The fourth-order valence-electron chi connectivity index (χ4n) is 2.33. The van der Waals surface area contributed by atoms with E-state index in [1.54, 1.807) is 25.3 Å². The first kappa shape index (κ1) is 15.3. The largest absolute Gasteiger partial charge is 0.383 e. The number of H-pyrrole nitrogens is 2. The predicted molar refractivity (Wildman–Crippen MR) is 82.8 cm³/mol. The number of aromatic nitrogens is 2. The van der Waals surface area contributed by atoms with Gasteiger partial charge in [-0.25, -0.2) is 0 Å². The van der Waals surface area contributed by atoms with E-state index in [2.05, 4.69) is 15.5 Å². The molecule has 7 heteroatoms. The van der Waals surface area contributed by atoms with E-state index in [1.807, 2.05) is 0 Å². The lowest BCUT2D eigenvalue weighted by molar-refractivity contribution is 0.182. The second kappa shape index (κ2) is 7.05. The van der Waals surface area contributed by atoms with Crippen molar-refractivity contribution < 1.29 is 4.74 Å². The maximum absolute atomic E-state index is 12.0. The Kier molecular flexibility index (Phi) is 5.13. The van der Waals surface area contributed by atoms with Crippen LogP contribution in [0.3, 0.4) is 0 Å². The van der Waals surface area contributed by atoms with Gasteiger partial charge < -0.3 is 15.8 Å². The molecule has 0 aliphatic heterocycles. The van der Waals surface area contributed by atoms with E-state index in [0.717, 1.165) is 12.8 Å². The quantitative estimate of drug-likeness (QED) is 0.589. The Balaban J connectivity index is 2.39. The summed E-state index contributed by atoms with van der Waals surface area (Å²) in [5, 5.41) is 8.66. The van der Waals surface area contributed by atoms with Crippen molar-refractivity contribution in [2.24, 2.45) is 5.73 Å². The summed E-state index contributed by atoms with van der Waals surface area (Å²) >= 11 is 0. The lowest BCUT2D eigenvalue weighted by Crippen LogP contribution is -2.27. The van der Waals surface area contributed by atoms with E-state index >= 15 is 0 Å². The minimum atomic E-state index is -0.331. The Labute approximate surface area is 121 Å². The number of aromatic amines is 2. The van der Waals surface area contributed by atoms with E-state index in [-0.39, 0.29) is 17.2 Å². The molecule has 1 atom stereocenters. The second-order valence-corrected chi connectivity index (χ2v) is 4.86. The van der Waals surface area contributed by atoms with Crippen molar-refractivity contribution in [2.45, 2.75) is 18.9 Å². The number of benzene rings is 1. The maximum atomic E-state index is 12.0. The second-order valence-electron chi connectivity index (χ2n) is 4.86. The monoisotopic (exact) mass is 292 g/mol. The molecule has 0 fully saturated rings. The third-order valence-corrected chi connectivity index (χ3v) is 3.31. The summed E-state index contributed by atoms with van der Waals surface area (Å²) in [6.45, 7) is 1.09. The highest BCUT2D eigenvalue weighted by molar-refractivity contribution is 5.92. The molecule has 0 aliphatic rings. The summed E-state index contributed by atoms with van der Waals surface area (Å²) in [5.41, 5.74) is 5.50. The van der Waals surface area contributed by atoms with Crippen LogP contribution in [0.15, 0.2) is 27.8 Å². The fourth-order valence-corrected chi connectivity index (χ4v) is 2.33. The SMILES string of the molecule is COCC(CCCN)Nc1cccc2c(=O)[nH][nH]c(=O)c12. The third-order valence-electron chi connectivity index (χ3n) is 3.31. The van der Waals surface area contributed by atoms with Crippen molar-refractivity contribution in [1.29, 1.82) is 0 Å². The number of nitrogens with one attached hydrogen (secondary N) is 3. The van der Waals surface area contributed by atoms with Gasteiger partial charge in [-0.15, -0.1) is 0 Å². The lowest BCUT2D eigenvalue weighted by Gasteiger charge is -2.19. The average molecular weight is 292 g/mol. The van der Waals surface area contributed by atoms with Crippen LogP contribution in [0.25, 0.3) is 10.8 Å². The van der Waals surface area contributed by atoms with Gasteiger partial charge in [0.1, 0.15) is 0 Å². The van der Waals surface area contributed by atoms with Gasteiger partial charge in [0, 0.05) is 18.8 Å². The summed E-state index contributed by atoms with van der Waals surface area (Å²) in [6, 6.07) is 5.18. The van der Waals surface area contributed by atoms with E-state index in [0.29, 0.717) is 29.6 Å². The van der Waals surface area contributed by atoms with Gasteiger partial charge in [0.25, 0.3) is 11.1 Å². The van der Waals surface area contributed by atoms with Gasteiger partial charge in [0.15, 0.2) is 0 Å². The first-order valence-electron chi connectivity index (χ1n) is 6.86. The Morgan fingerprint density at radius 3 is 2.76 bits per heavy atom. The zero-order valence-corrected chi connectivity index (χ0v) is 11.9. The zero-order chi connectivity index (χ0) is 15.2. The molecule has 0 radical (unpaired) electrons. The molecule has 7 nitrogen and oxygen atoms in total. The fraction of sp³-hybridized carbons (Fsp3) is 0.429. The van der Waals surface area contributed by atoms with E-state index in [1.165, 1.54) is 0 Å². The van der Waals surface area contributed by atoms with Crippen LogP contribution in [0, 0.1) is 0 Å². The number of fused-ring (bicyclic) bond motifs is 1. The van der Waals surface area contributed by atoms with Crippen LogP contribution in [-0.2, 0) is 4.74 Å². The molecule has 1 heterocycles. The lowest BCUT2D eigenvalue weighted by atomic mass is 10.1. The average Bonchev–Trinajstić information content (AvgIpc) is 2.49. The van der Waals surface area contributed by atoms with Gasteiger partial charge in [-0.1, -0.05) is 6.07 Å². The molecule has 1 aromatic carbocycles. The molecule has 1 aromatic heterocycles. The molecule has 0 spiro atoms. The number of rotatable bonds is 7. The molecule has 5 N–H and O–H groups in total. The third kappa shape index (κ3) is 3.50. The van der Waals surface area contributed by atoms with Crippen LogP contribution in [0.1, 0.15) is 12.8 Å². The molecule has 114 valence electrons. The minimum absolute atomic E-state index is 0.0304. The van der Waals surface area contributed by atoms with Gasteiger partial charge in [-0.2, -0.15) is 0 Å². The molecule has 0 saturated heterocycles. The van der Waals surface area contributed by atoms with Crippen LogP contribution in [0.5, 0.6) is 0 Å². The van der Waals surface area contributed by atoms with E-state index in [4.69, 9.17) is 10.5 Å². The van der Waals surface area contributed by atoms with Crippen molar-refractivity contribution in [3.8, 4) is 0 Å². The van der Waals surface area contributed by atoms with Gasteiger partial charge in [0.2, 0.25) is 0 Å². The number of methoxy groups -OCH3 is 1. The molecule has 0 saturated carbocycles. The molecular weight excluding hydrogens is 272 g/mol. The standard InChI is InChI=1S/C14H20N4O3/c1-21-8-9(4-3-7-15)16-11-6-2-5-10-12(11)14(20)18-17-13(10)19/h2,5-6,9,16H,3-4,7-8,15H2,1H3,(H,17,19)(H,18,20). The molecule has 0 amide bonds. The predicted octanol–water partition coefficient (Wildman–Crippen LogP) is 0.382. The van der Waals surface area contributed by atoms with Crippen LogP contribution in [0.2, 0.25) is 0 Å². The number of anilines is 1. The van der Waals surface area contributed by atoms with Gasteiger partial charge in [-0.05, 0) is 31.5 Å². The highest BCUT2D eigenvalue weighted by Crippen LogP contribution is 2.18. The van der Waals surface area contributed by atoms with Gasteiger partial charge in [0.05, 0.1) is 17.4 Å². The molecule has 0 aliphatic carbocycles. The van der Waals surface area contributed by atoms with Crippen LogP contribution >= 0.6 is 0 Å². The normalized spacial score (nSPS) is 12.5. The summed E-state index contributed by atoms with van der Waals surface area (Å²) in [7, 11) is 1.62. The minimum Gasteiger partial charge on any atom is -0.383 e. The van der Waals surface area contributed by atoms with Gasteiger partial charge in [-0.3, -0.25) is 19.8 Å². The first-order chi connectivity index (χ1) is 10.2. The van der Waals surface area contributed by atoms with Crippen molar-refractivity contribution in [3.05, 3.63) is 38.9 Å². The highest BCUT2D eigenvalue weighted by Gasteiger charge is 2.13. The molecule has 1 unspecified atom stereocenters. The van der Waals surface area contributed by atoms with Crippen LogP contribution in [-0.4, -0.2) is 36.5 Å². The Hall–Kier alpha value is -2.12. The van der Waals surface area contributed by atoms with Crippen molar-refractivity contribution in [1.82, 2.24) is 10.2 Å². The summed E-state index contributed by atoms with van der Waals surface area (Å²) in [4.78, 5) is 23.8. The zero-order valence-electron chi connectivity index (χ0n) is 11.9. The number of nitrogens with two attached hydrogens (primary N) is 1. The highest BCUT2D eigenvalue weighted by atomic mass is 16.5.